The molecule has 2 heterocycles. The number of carbonyl (C=O) groups is 1. The Morgan fingerprint density at radius 2 is 2.00 bits per heavy atom. The molecular weight excluding hydrogens is 394 g/mol. The SMILES string of the molecule is O=C1N=C(NC(CO)c2ccc(Cl)cc2)S/C1=C\c1ccc2ncccc2c1. The summed E-state index contributed by atoms with van der Waals surface area (Å²) in [4.78, 5) is 21.2. The minimum atomic E-state index is -0.373. The normalized spacial score (nSPS) is 16.4. The number of nitrogens with zero attached hydrogens (tertiary/aromatic N) is 2. The van der Waals surface area contributed by atoms with Crippen LogP contribution in [0.3, 0.4) is 0 Å². The first kappa shape index (κ1) is 18.7. The van der Waals surface area contributed by atoms with Gasteiger partial charge in [-0.2, -0.15) is 4.99 Å². The fourth-order valence-corrected chi connectivity index (χ4v) is 3.88. The topological polar surface area (TPSA) is 74.6 Å². The second kappa shape index (κ2) is 8.14. The van der Waals surface area contributed by atoms with Crippen molar-refractivity contribution in [1.82, 2.24) is 10.3 Å². The Labute approximate surface area is 171 Å². The number of aliphatic hydroxyl groups excluding tert-OH is 1. The van der Waals surface area contributed by atoms with Crippen molar-refractivity contribution in [3.05, 3.63) is 81.8 Å². The van der Waals surface area contributed by atoms with E-state index >= 15 is 0 Å². The highest BCUT2D eigenvalue weighted by atomic mass is 35.5. The highest BCUT2D eigenvalue weighted by Gasteiger charge is 2.24. The number of thioether (sulfide) groups is 1. The largest absolute Gasteiger partial charge is 0.394 e. The van der Waals surface area contributed by atoms with Crippen molar-refractivity contribution in [2.75, 3.05) is 6.61 Å². The van der Waals surface area contributed by atoms with Crippen LogP contribution in [0.2, 0.25) is 5.02 Å². The number of amides is 1. The number of aromatic nitrogens is 1. The highest BCUT2D eigenvalue weighted by Crippen LogP contribution is 2.29. The third-order valence-electron chi connectivity index (χ3n) is 4.30. The molecule has 0 saturated carbocycles. The van der Waals surface area contributed by atoms with Gasteiger partial charge in [-0.15, -0.1) is 0 Å². The van der Waals surface area contributed by atoms with Crippen LogP contribution in [-0.2, 0) is 4.79 Å². The van der Waals surface area contributed by atoms with Gasteiger partial charge in [0.15, 0.2) is 5.17 Å². The first-order valence-electron chi connectivity index (χ1n) is 8.62. The summed E-state index contributed by atoms with van der Waals surface area (Å²) >= 11 is 7.17. The second-order valence-corrected chi connectivity index (χ2v) is 7.69. The molecule has 0 bridgehead atoms. The molecule has 1 amide bonds. The van der Waals surface area contributed by atoms with E-state index in [1.165, 1.54) is 11.8 Å². The molecule has 140 valence electrons. The Hall–Kier alpha value is -2.67. The van der Waals surface area contributed by atoms with E-state index in [0.717, 1.165) is 22.0 Å². The molecule has 0 radical (unpaired) electrons. The van der Waals surface area contributed by atoms with Crippen LogP contribution < -0.4 is 5.32 Å². The zero-order valence-corrected chi connectivity index (χ0v) is 16.2. The van der Waals surface area contributed by atoms with Gasteiger partial charge < -0.3 is 10.4 Å². The Balaban J connectivity index is 1.51. The van der Waals surface area contributed by atoms with Crippen molar-refractivity contribution >= 4 is 51.4 Å². The first-order chi connectivity index (χ1) is 13.6. The number of hydrogen-bond acceptors (Lipinski definition) is 5. The zero-order valence-electron chi connectivity index (χ0n) is 14.7. The maximum Gasteiger partial charge on any atom is 0.286 e. The molecule has 2 aromatic carbocycles. The summed E-state index contributed by atoms with van der Waals surface area (Å²) in [6.45, 7) is -0.133. The maximum absolute atomic E-state index is 12.3. The third kappa shape index (κ3) is 4.09. The van der Waals surface area contributed by atoms with Gasteiger partial charge in [-0.25, -0.2) is 0 Å². The van der Waals surface area contributed by atoms with Crippen LogP contribution in [-0.4, -0.2) is 27.8 Å². The summed E-state index contributed by atoms with van der Waals surface area (Å²) in [5, 5.41) is 14.9. The number of benzene rings is 2. The monoisotopic (exact) mass is 409 g/mol. The number of fused-ring (bicyclic) bond motifs is 1. The first-order valence-corrected chi connectivity index (χ1v) is 9.82. The summed E-state index contributed by atoms with van der Waals surface area (Å²) in [6, 6.07) is 16.5. The smallest absolute Gasteiger partial charge is 0.286 e. The van der Waals surface area contributed by atoms with E-state index in [1.54, 1.807) is 18.3 Å². The Morgan fingerprint density at radius 1 is 1.18 bits per heavy atom. The summed E-state index contributed by atoms with van der Waals surface area (Å²) in [5.41, 5.74) is 2.67. The van der Waals surface area contributed by atoms with Gasteiger partial charge in [-0.1, -0.05) is 35.9 Å². The third-order valence-corrected chi connectivity index (χ3v) is 5.46. The number of aliphatic hydroxyl groups is 1. The lowest BCUT2D eigenvalue weighted by Crippen LogP contribution is -2.27. The molecule has 5 nitrogen and oxygen atoms in total. The molecule has 7 heteroatoms. The van der Waals surface area contributed by atoms with Gasteiger partial charge in [0.05, 0.1) is 23.1 Å². The van der Waals surface area contributed by atoms with Crippen LogP contribution >= 0.6 is 23.4 Å². The molecule has 2 N–H and O–H groups in total. The molecule has 1 atom stereocenters. The molecule has 1 aliphatic rings. The lowest BCUT2D eigenvalue weighted by Gasteiger charge is -2.17. The number of amidine groups is 1. The van der Waals surface area contributed by atoms with Crippen molar-refractivity contribution in [3.8, 4) is 0 Å². The van der Waals surface area contributed by atoms with Crippen molar-refractivity contribution in [3.63, 3.8) is 0 Å². The Morgan fingerprint density at radius 3 is 2.79 bits per heavy atom. The van der Waals surface area contributed by atoms with E-state index in [2.05, 4.69) is 15.3 Å². The fourth-order valence-electron chi connectivity index (χ4n) is 2.88. The number of rotatable bonds is 4. The van der Waals surface area contributed by atoms with Crippen LogP contribution in [0.5, 0.6) is 0 Å². The number of carbonyl (C=O) groups excluding carboxylic acids is 1. The van der Waals surface area contributed by atoms with Crippen LogP contribution in [0.25, 0.3) is 17.0 Å². The number of hydrogen-bond donors (Lipinski definition) is 2. The highest BCUT2D eigenvalue weighted by molar-refractivity contribution is 8.18. The van der Waals surface area contributed by atoms with E-state index in [0.29, 0.717) is 15.1 Å². The molecule has 1 aliphatic heterocycles. The van der Waals surface area contributed by atoms with Gasteiger partial charge in [-0.3, -0.25) is 9.78 Å². The summed E-state index contributed by atoms with van der Waals surface area (Å²) in [5.74, 6) is -0.299. The van der Waals surface area contributed by atoms with E-state index < -0.39 is 0 Å². The summed E-state index contributed by atoms with van der Waals surface area (Å²) in [6.07, 6.45) is 3.56. The van der Waals surface area contributed by atoms with Crippen molar-refractivity contribution < 1.29 is 9.90 Å². The number of pyridine rings is 1. The lowest BCUT2D eigenvalue weighted by molar-refractivity contribution is -0.113. The van der Waals surface area contributed by atoms with Crippen molar-refractivity contribution in [2.24, 2.45) is 4.99 Å². The molecule has 4 rings (SSSR count). The number of aliphatic imine (C=N–C) groups is 1. The molecular formula is C21H16ClN3O2S. The zero-order chi connectivity index (χ0) is 19.5. The molecule has 3 aromatic rings. The van der Waals surface area contributed by atoms with Crippen LogP contribution in [0, 0.1) is 0 Å². The van der Waals surface area contributed by atoms with Crippen LogP contribution in [0.1, 0.15) is 17.2 Å². The molecule has 0 fully saturated rings. The average molecular weight is 410 g/mol. The number of halogens is 1. The van der Waals surface area contributed by atoms with Crippen LogP contribution in [0.15, 0.2) is 70.7 Å². The predicted molar refractivity (Wildman–Crippen MR) is 114 cm³/mol. The van der Waals surface area contributed by atoms with Crippen molar-refractivity contribution in [1.29, 1.82) is 0 Å². The molecule has 0 aliphatic carbocycles. The summed E-state index contributed by atoms with van der Waals surface area (Å²) < 4.78 is 0. The predicted octanol–water partition coefficient (Wildman–Crippen LogP) is 4.18. The Kier molecular flexibility index (Phi) is 5.43. The van der Waals surface area contributed by atoms with Gasteiger partial charge >= 0.3 is 0 Å². The number of nitrogens with one attached hydrogen (secondary N) is 1. The molecule has 1 aromatic heterocycles. The van der Waals surface area contributed by atoms with Crippen LogP contribution in [0.4, 0.5) is 0 Å². The molecule has 0 saturated heterocycles. The molecule has 28 heavy (non-hydrogen) atoms. The van der Waals surface area contributed by atoms with E-state index in [-0.39, 0.29) is 18.6 Å². The Bertz CT molecular complexity index is 1100. The van der Waals surface area contributed by atoms with Gasteiger partial charge in [-0.05, 0) is 59.3 Å². The standard InChI is InChI=1S/C21H16ClN3O2S/c22-16-6-4-14(5-7-16)18(12-26)24-21-25-20(27)19(28-21)11-13-3-8-17-15(10-13)2-1-9-23-17/h1-11,18,26H,12H2,(H,24,25,27)/b19-11-. The van der Waals surface area contributed by atoms with E-state index in [1.807, 2.05) is 48.5 Å². The van der Waals surface area contributed by atoms with E-state index in [4.69, 9.17) is 11.6 Å². The quantitative estimate of drug-likeness (QED) is 0.632. The van der Waals surface area contributed by atoms with E-state index in [9.17, 15) is 9.90 Å². The molecule has 1 unspecified atom stereocenters. The van der Waals surface area contributed by atoms with Gasteiger partial charge in [0.25, 0.3) is 5.91 Å². The van der Waals surface area contributed by atoms with Crippen molar-refractivity contribution in [2.45, 2.75) is 6.04 Å². The van der Waals surface area contributed by atoms with Gasteiger partial charge in [0.1, 0.15) is 0 Å². The molecule has 0 spiro atoms. The average Bonchev–Trinajstić information content (AvgIpc) is 3.05. The fraction of sp³-hybridized carbons (Fsp3) is 0.0952. The minimum Gasteiger partial charge on any atom is -0.394 e. The minimum absolute atomic E-state index is 0.133. The lowest BCUT2D eigenvalue weighted by atomic mass is 10.1. The summed E-state index contributed by atoms with van der Waals surface area (Å²) in [7, 11) is 0. The van der Waals surface area contributed by atoms with Gasteiger partial charge in [0, 0.05) is 16.6 Å². The maximum atomic E-state index is 12.3. The second-order valence-electron chi connectivity index (χ2n) is 6.22. The van der Waals surface area contributed by atoms with Gasteiger partial charge in [0.2, 0.25) is 0 Å².